The Bertz CT molecular complexity index is 342. The van der Waals surface area contributed by atoms with Crippen LogP contribution in [-0.2, 0) is 9.84 Å². The smallest absolute Gasteiger partial charge is 0.359 e. The van der Waals surface area contributed by atoms with Crippen LogP contribution in [0, 0.1) is 0 Å². The van der Waals surface area contributed by atoms with Crippen LogP contribution in [0.15, 0.2) is 33.1 Å². The lowest BCUT2D eigenvalue weighted by atomic mass is 10.1. The minimum Gasteiger partial charge on any atom is -0.461 e. The van der Waals surface area contributed by atoms with Gasteiger partial charge in [0.2, 0.25) is 0 Å². The van der Waals surface area contributed by atoms with Crippen LogP contribution in [0.3, 0.4) is 0 Å². The van der Waals surface area contributed by atoms with Gasteiger partial charge in [-0.2, -0.15) is 5.11 Å². The molecule has 81 valence electrons. The lowest BCUT2D eigenvalue weighted by molar-refractivity contribution is 0.0560. The molecular formula is C11H15N2O2. The van der Waals surface area contributed by atoms with Gasteiger partial charge >= 0.3 is 5.95 Å². The Morgan fingerprint density at radius 3 is 2.87 bits per heavy atom. The largest absolute Gasteiger partial charge is 0.461 e. The molecule has 4 heteroatoms. The molecule has 4 nitrogen and oxygen atoms in total. The lowest BCUT2D eigenvalue weighted by Crippen LogP contribution is -1.95. The van der Waals surface area contributed by atoms with Gasteiger partial charge in [-0.1, -0.05) is 6.42 Å². The highest BCUT2D eigenvalue weighted by Gasteiger charge is 2.24. The number of azo groups is 1. The van der Waals surface area contributed by atoms with Crippen molar-refractivity contribution in [3.63, 3.8) is 0 Å². The van der Waals surface area contributed by atoms with Gasteiger partial charge in [0.05, 0.1) is 12.3 Å². The molecule has 0 saturated heterocycles. The summed E-state index contributed by atoms with van der Waals surface area (Å²) in [5, 5.41) is 19.6. The first-order chi connectivity index (χ1) is 7.33. The Kier molecular flexibility index (Phi) is 3.04. The molecular weight excluding hydrogens is 192 g/mol. The standard InChI is InChI=1S/C11H15N2O2/c1-2-15-11(14)10-8-6-4-3-5-7-9(8)12-13-10/h2-7H2,1H3. The van der Waals surface area contributed by atoms with Crippen molar-refractivity contribution in [1.82, 2.24) is 0 Å². The van der Waals surface area contributed by atoms with Crippen molar-refractivity contribution in [1.29, 1.82) is 0 Å². The highest BCUT2D eigenvalue weighted by atomic mass is 16.6. The minimum atomic E-state index is -0.326. The maximum atomic E-state index is 11.6. The summed E-state index contributed by atoms with van der Waals surface area (Å²) in [6.07, 6.45) is 5.33. The fourth-order valence-corrected chi connectivity index (χ4v) is 1.97. The summed E-state index contributed by atoms with van der Waals surface area (Å²) in [6, 6.07) is 0. The van der Waals surface area contributed by atoms with E-state index in [4.69, 9.17) is 4.74 Å². The fourth-order valence-electron chi connectivity index (χ4n) is 1.97. The van der Waals surface area contributed by atoms with Crippen LogP contribution >= 0.6 is 0 Å². The Morgan fingerprint density at radius 2 is 2.07 bits per heavy atom. The van der Waals surface area contributed by atoms with Gasteiger partial charge in [-0.15, -0.1) is 5.11 Å². The Hall–Kier alpha value is -1.32. The van der Waals surface area contributed by atoms with Crippen LogP contribution in [0.25, 0.3) is 0 Å². The van der Waals surface area contributed by atoms with Gasteiger partial charge in [-0.25, -0.2) is 5.11 Å². The molecule has 2 rings (SSSR count). The SMILES string of the molecule is CCOC([O])=C1N=NC2=C1CCCCC2. The molecule has 0 atom stereocenters. The predicted octanol–water partition coefficient (Wildman–Crippen LogP) is 3.31. The first kappa shape index (κ1) is 10.2. The van der Waals surface area contributed by atoms with E-state index in [9.17, 15) is 5.11 Å². The van der Waals surface area contributed by atoms with E-state index in [0.717, 1.165) is 37.0 Å². The molecule has 0 unspecified atom stereocenters. The normalized spacial score (nSPS) is 23.8. The van der Waals surface area contributed by atoms with Crippen molar-refractivity contribution in [2.75, 3.05) is 6.61 Å². The van der Waals surface area contributed by atoms with Gasteiger partial charge in [-0.3, -0.25) is 0 Å². The topological polar surface area (TPSA) is 53.8 Å². The molecule has 0 aromatic carbocycles. The first-order valence-corrected chi connectivity index (χ1v) is 5.51. The third kappa shape index (κ3) is 2.03. The van der Waals surface area contributed by atoms with E-state index in [0.29, 0.717) is 12.3 Å². The quantitative estimate of drug-likeness (QED) is 0.641. The summed E-state index contributed by atoms with van der Waals surface area (Å²) in [4.78, 5) is 0. The van der Waals surface area contributed by atoms with Gasteiger partial charge in [0, 0.05) is 5.57 Å². The Labute approximate surface area is 89.4 Å². The van der Waals surface area contributed by atoms with E-state index < -0.39 is 0 Å². The molecule has 0 N–H and O–H groups in total. The summed E-state index contributed by atoms with van der Waals surface area (Å²) < 4.78 is 4.95. The van der Waals surface area contributed by atoms with Crippen molar-refractivity contribution in [2.45, 2.75) is 39.0 Å². The molecule has 1 heterocycles. The second-order valence-corrected chi connectivity index (χ2v) is 3.75. The summed E-state index contributed by atoms with van der Waals surface area (Å²) >= 11 is 0. The van der Waals surface area contributed by atoms with E-state index in [1.807, 2.05) is 0 Å². The number of ether oxygens (including phenoxy) is 1. The van der Waals surface area contributed by atoms with Crippen molar-refractivity contribution < 1.29 is 9.84 Å². The van der Waals surface area contributed by atoms with Crippen molar-refractivity contribution in [2.24, 2.45) is 10.2 Å². The van der Waals surface area contributed by atoms with Crippen LogP contribution in [-0.4, -0.2) is 6.61 Å². The molecule has 0 saturated carbocycles. The summed E-state index contributed by atoms with van der Waals surface area (Å²) in [5.41, 5.74) is 2.45. The zero-order chi connectivity index (χ0) is 10.7. The number of hydrogen-bond donors (Lipinski definition) is 0. The Balaban J connectivity index is 2.26. The van der Waals surface area contributed by atoms with E-state index in [1.54, 1.807) is 6.92 Å². The molecule has 1 radical (unpaired) electrons. The van der Waals surface area contributed by atoms with Gasteiger partial charge < -0.3 is 4.74 Å². The summed E-state index contributed by atoms with van der Waals surface area (Å²) in [6.45, 7) is 2.19. The molecule has 1 aliphatic heterocycles. The van der Waals surface area contributed by atoms with Crippen LogP contribution in [0.1, 0.15) is 39.0 Å². The van der Waals surface area contributed by atoms with Crippen molar-refractivity contribution in [3.8, 4) is 0 Å². The van der Waals surface area contributed by atoms with Gasteiger partial charge in [0.1, 0.15) is 0 Å². The maximum absolute atomic E-state index is 11.6. The highest BCUT2D eigenvalue weighted by molar-refractivity contribution is 5.38. The van der Waals surface area contributed by atoms with E-state index in [1.165, 1.54) is 6.42 Å². The van der Waals surface area contributed by atoms with Crippen LogP contribution in [0.4, 0.5) is 0 Å². The maximum Gasteiger partial charge on any atom is 0.359 e. The van der Waals surface area contributed by atoms with Gasteiger partial charge in [0.15, 0.2) is 5.70 Å². The number of allylic oxidation sites excluding steroid dienone is 2. The van der Waals surface area contributed by atoms with Gasteiger partial charge in [0.25, 0.3) is 0 Å². The molecule has 1 aliphatic carbocycles. The third-order valence-corrected chi connectivity index (χ3v) is 2.71. The molecule has 15 heavy (non-hydrogen) atoms. The zero-order valence-electron chi connectivity index (χ0n) is 8.95. The average molecular weight is 207 g/mol. The lowest BCUT2D eigenvalue weighted by Gasteiger charge is -2.03. The predicted molar refractivity (Wildman–Crippen MR) is 54.3 cm³/mol. The second-order valence-electron chi connectivity index (χ2n) is 3.75. The molecule has 0 fully saturated rings. The molecule has 2 aliphatic rings. The van der Waals surface area contributed by atoms with Crippen LogP contribution < -0.4 is 0 Å². The summed E-state index contributed by atoms with van der Waals surface area (Å²) in [7, 11) is 0. The van der Waals surface area contributed by atoms with Gasteiger partial charge in [-0.05, 0) is 32.6 Å². The van der Waals surface area contributed by atoms with E-state index >= 15 is 0 Å². The second kappa shape index (κ2) is 4.47. The summed E-state index contributed by atoms with van der Waals surface area (Å²) in [5.74, 6) is -0.326. The fraction of sp³-hybridized carbons (Fsp3) is 0.636. The molecule has 0 aromatic heterocycles. The monoisotopic (exact) mass is 207 g/mol. The van der Waals surface area contributed by atoms with Crippen LogP contribution in [0.5, 0.6) is 0 Å². The average Bonchev–Trinajstić information content (AvgIpc) is 2.48. The third-order valence-electron chi connectivity index (χ3n) is 2.71. The minimum absolute atomic E-state index is 0.326. The van der Waals surface area contributed by atoms with E-state index in [-0.39, 0.29) is 5.95 Å². The highest BCUT2D eigenvalue weighted by Crippen LogP contribution is 2.36. The number of nitrogens with zero attached hydrogens (tertiary/aromatic N) is 2. The molecule has 0 bridgehead atoms. The number of rotatable bonds is 2. The van der Waals surface area contributed by atoms with Crippen molar-refractivity contribution in [3.05, 3.63) is 22.9 Å². The van der Waals surface area contributed by atoms with Crippen molar-refractivity contribution >= 4 is 0 Å². The first-order valence-electron chi connectivity index (χ1n) is 5.51. The molecule has 0 amide bonds. The molecule has 0 aromatic rings. The molecule has 0 spiro atoms. The van der Waals surface area contributed by atoms with Crippen LogP contribution in [0.2, 0.25) is 0 Å². The number of hydrogen-bond acceptors (Lipinski definition) is 3. The van der Waals surface area contributed by atoms with E-state index in [2.05, 4.69) is 10.2 Å². The Morgan fingerprint density at radius 1 is 1.27 bits per heavy atom. The zero-order valence-corrected chi connectivity index (χ0v) is 8.95.